The zero-order chi connectivity index (χ0) is 47.9. The predicted octanol–water partition coefficient (Wildman–Crippen LogP) is 16.0. The molecule has 0 aromatic heterocycles. The lowest BCUT2D eigenvalue weighted by molar-refractivity contribution is 0.331. The molecule has 2 nitrogen and oxygen atoms in total. The largest absolute Gasteiger partial charge is 0.314 e. The number of hydrogen-bond donors (Lipinski definition) is 0. The van der Waals surface area contributed by atoms with Crippen LogP contribution in [0.5, 0.6) is 0 Å². The van der Waals surface area contributed by atoms with Gasteiger partial charge in [-0.15, -0.1) is 0 Å². The minimum atomic E-state index is 0.0167. The lowest BCUT2D eigenvalue weighted by Gasteiger charge is -2.48. The van der Waals surface area contributed by atoms with Gasteiger partial charge in [-0.2, -0.15) is 0 Å². The Bertz CT molecular complexity index is 3030. The molecule has 0 unspecified atom stereocenters. The third-order valence-corrected chi connectivity index (χ3v) is 18.6. The molecule has 0 saturated heterocycles. The van der Waals surface area contributed by atoms with Crippen LogP contribution in [0.15, 0.2) is 85.1 Å². The van der Waals surface area contributed by atoms with Gasteiger partial charge in [0.1, 0.15) is 0 Å². The van der Waals surface area contributed by atoms with E-state index in [1.807, 2.05) is 0 Å². The van der Waals surface area contributed by atoms with Gasteiger partial charge < -0.3 is 9.80 Å². The molecule has 0 amide bonds. The molecule has 5 aromatic rings. The van der Waals surface area contributed by atoms with Gasteiger partial charge >= 0.3 is 0 Å². The maximum atomic E-state index is 4.51. The average molecular weight is 885 g/mol. The number of rotatable bonds is 3. The Balaban J connectivity index is 1.27. The Morgan fingerprint density at radius 3 is 1.60 bits per heavy atom. The van der Waals surface area contributed by atoms with Crippen molar-refractivity contribution in [3.8, 4) is 0 Å². The summed E-state index contributed by atoms with van der Waals surface area (Å²) in [5, 5.41) is 0. The topological polar surface area (TPSA) is 6.48 Å². The number of benzene rings is 5. The Morgan fingerprint density at radius 1 is 0.522 bits per heavy atom. The summed E-state index contributed by atoms with van der Waals surface area (Å²) < 4.78 is 0. The third-order valence-electron chi connectivity index (χ3n) is 18.6. The average Bonchev–Trinajstić information content (AvgIpc) is 3.62. The molecule has 0 fully saturated rings. The molecule has 0 saturated carbocycles. The van der Waals surface area contributed by atoms with Gasteiger partial charge in [0, 0.05) is 34.9 Å². The lowest BCUT2D eigenvalue weighted by Crippen LogP contribution is -2.56. The van der Waals surface area contributed by atoms with Gasteiger partial charge in [-0.3, -0.25) is 0 Å². The number of nitrogens with zero attached hydrogens (tertiary/aromatic N) is 2. The van der Waals surface area contributed by atoms with Gasteiger partial charge in [0.25, 0.3) is 6.71 Å². The number of allylic oxidation sites excluding steroid dienone is 1. The van der Waals surface area contributed by atoms with Crippen LogP contribution in [0.25, 0.3) is 11.5 Å². The van der Waals surface area contributed by atoms with Crippen LogP contribution in [0.4, 0.5) is 28.4 Å². The Morgan fingerprint density at radius 2 is 1.03 bits per heavy atom. The van der Waals surface area contributed by atoms with E-state index in [1.165, 1.54) is 139 Å². The van der Waals surface area contributed by atoms with Crippen molar-refractivity contribution in [2.75, 3.05) is 9.80 Å². The molecule has 0 atom stereocenters. The van der Waals surface area contributed by atoms with Gasteiger partial charge in [0.2, 0.25) is 0 Å². The van der Waals surface area contributed by atoms with E-state index in [0.717, 1.165) is 6.42 Å². The Labute approximate surface area is 405 Å². The molecule has 67 heavy (non-hydrogen) atoms. The summed E-state index contributed by atoms with van der Waals surface area (Å²) in [7, 11) is 0. The quantitative estimate of drug-likeness (QED) is 0.167. The first-order chi connectivity index (χ1) is 31.1. The van der Waals surface area contributed by atoms with Crippen LogP contribution < -0.4 is 20.7 Å². The molecule has 0 radical (unpaired) electrons. The van der Waals surface area contributed by atoms with E-state index in [9.17, 15) is 0 Å². The van der Waals surface area contributed by atoms with E-state index in [-0.39, 0.29) is 44.6 Å². The molecule has 6 aliphatic rings. The molecule has 3 heteroatoms. The van der Waals surface area contributed by atoms with E-state index in [2.05, 4.69) is 206 Å². The van der Waals surface area contributed by atoms with Gasteiger partial charge in [-0.25, -0.2) is 0 Å². The van der Waals surface area contributed by atoms with Crippen LogP contribution in [0.1, 0.15) is 204 Å². The summed E-state index contributed by atoms with van der Waals surface area (Å²) in [6.07, 6.45) is 10.2. The molecule has 346 valence electrons. The molecule has 2 heterocycles. The van der Waals surface area contributed by atoms with Crippen LogP contribution in [0, 0.1) is 6.92 Å². The molecule has 5 aromatic carbocycles. The highest BCUT2D eigenvalue weighted by Crippen LogP contribution is 2.57. The fourth-order valence-electron chi connectivity index (χ4n) is 13.9. The first kappa shape index (κ1) is 44.7. The highest BCUT2D eigenvalue weighted by molar-refractivity contribution is 7.03. The van der Waals surface area contributed by atoms with Crippen LogP contribution in [-0.2, 0) is 44.3 Å². The summed E-state index contributed by atoms with van der Waals surface area (Å²) in [5.74, 6) is 0. The van der Waals surface area contributed by atoms with Crippen molar-refractivity contribution in [2.45, 2.75) is 194 Å². The van der Waals surface area contributed by atoms with Gasteiger partial charge in [0.15, 0.2) is 0 Å². The molecular weight excluding hydrogens is 808 g/mol. The summed E-state index contributed by atoms with van der Waals surface area (Å²) >= 11 is 0. The first-order valence-corrected chi connectivity index (χ1v) is 25.9. The van der Waals surface area contributed by atoms with Crippen molar-refractivity contribution in [2.24, 2.45) is 0 Å². The van der Waals surface area contributed by atoms with Crippen molar-refractivity contribution >= 4 is 57.6 Å². The zero-order valence-corrected chi connectivity index (χ0v) is 44.1. The van der Waals surface area contributed by atoms with Crippen LogP contribution in [0.3, 0.4) is 0 Å². The summed E-state index contributed by atoms with van der Waals surface area (Å²) in [5.41, 5.74) is 28.9. The normalized spacial score (nSPS) is 21.6. The number of aryl methyl sites for hydroxylation is 1. The van der Waals surface area contributed by atoms with Gasteiger partial charge in [0.05, 0.1) is 5.69 Å². The maximum absolute atomic E-state index is 4.51. The van der Waals surface area contributed by atoms with E-state index < -0.39 is 0 Å². The van der Waals surface area contributed by atoms with E-state index >= 15 is 0 Å². The summed E-state index contributed by atoms with van der Waals surface area (Å²) in [6, 6.07) is 30.7. The number of hydrogen-bond acceptors (Lipinski definition) is 2. The summed E-state index contributed by atoms with van der Waals surface area (Å²) in [6.45, 7) is 43.8. The molecule has 0 bridgehead atoms. The SMILES string of the molecule is C=Cc1cc(C(C)(C)C)ccc1N1C2=C(B3c4cc5c(cc4N(c4ccc6c(c4)C(C)(C)CCC6(C)C)c4cc(C)cc1c43)C(C)(C)CCC5(C)C)c1cc3c(cc1C2)C(C)(C)CCC3(C)C. The fraction of sp³-hybridized carbons (Fsp3) is 0.469. The molecule has 4 aliphatic carbocycles. The van der Waals surface area contributed by atoms with Crippen molar-refractivity contribution in [3.05, 3.63) is 146 Å². The highest BCUT2D eigenvalue weighted by atomic mass is 15.2. The monoisotopic (exact) mass is 885 g/mol. The predicted molar refractivity (Wildman–Crippen MR) is 291 cm³/mol. The molecule has 0 spiro atoms. The van der Waals surface area contributed by atoms with E-state index in [4.69, 9.17) is 0 Å². The molecular formula is C64H77BN2. The summed E-state index contributed by atoms with van der Waals surface area (Å²) in [4.78, 5) is 5.44. The van der Waals surface area contributed by atoms with Gasteiger partial charge in [-0.1, -0.05) is 147 Å². The minimum Gasteiger partial charge on any atom is -0.314 e. The second-order valence-corrected chi connectivity index (χ2v) is 27.1. The highest BCUT2D eigenvalue weighted by Gasteiger charge is 2.51. The first-order valence-electron chi connectivity index (χ1n) is 25.9. The van der Waals surface area contributed by atoms with Crippen molar-refractivity contribution in [3.63, 3.8) is 0 Å². The van der Waals surface area contributed by atoms with Gasteiger partial charge in [-0.05, 0) is 203 Å². The van der Waals surface area contributed by atoms with Crippen molar-refractivity contribution in [1.82, 2.24) is 0 Å². The van der Waals surface area contributed by atoms with Crippen molar-refractivity contribution < 1.29 is 0 Å². The number of anilines is 5. The van der Waals surface area contributed by atoms with Crippen molar-refractivity contribution in [1.29, 1.82) is 0 Å². The van der Waals surface area contributed by atoms with Crippen LogP contribution in [-0.4, -0.2) is 6.71 Å². The fourth-order valence-corrected chi connectivity index (χ4v) is 13.9. The zero-order valence-electron chi connectivity index (χ0n) is 44.1. The molecule has 2 aliphatic heterocycles. The lowest BCUT2D eigenvalue weighted by atomic mass is 9.32. The molecule has 11 rings (SSSR count). The minimum absolute atomic E-state index is 0.0167. The third kappa shape index (κ3) is 6.47. The maximum Gasteiger partial charge on any atom is 0.252 e. The van der Waals surface area contributed by atoms with Crippen LogP contribution in [0.2, 0.25) is 0 Å². The standard InChI is InChI=1S/C64H77BN2/c1-18-39-31-41(58(3,4)5)19-22-51(39)67-54-30-38(2)29-53-57(54)65(56-43-35-47-45(32-40(43)33-55(56)67)60(8,9)25-26-62(47,12)13)50-36-48-49(64(16,17)28-27-63(48,14)15)37-52(50)66(53)42-20-21-44-46(34-42)61(10,11)24-23-59(44,6)7/h18-22,29-32,34-37H,1,23-28,33H2,2-17H3. The number of fused-ring (bicyclic) bond motifs is 8. The Hall–Kier alpha value is -4.76. The van der Waals surface area contributed by atoms with E-state index in [1.54, 1.807) is 11.1 Å². The Kier molecular flexibility index (Phi) is 9.31. The van der Waals surface area contributed by atoms with Crippen LogP contribution >= 0.6 is 0 Å². The van der Waals surface area contributed by atoms with E-state index in [0.29, 0.717) is 0 Å². The second kappa shape index (κ2) is 13.9. The second-order valence-electron chi connectivity index (χ2n) is 27.1. The smallest absolute Gasteiger partial charge is 0.252 e. The molecule has 0 N–H and O–H groups in total.